The number of nitrogens with zero attached hydrogens (tertiary/aromatic N) is 2. The van der Waals surface area contributed by atoms with E-state index in [1.54, 1.807) is 18.2 Å². The summed E-state index contributed by atoms with van der Waals surface area (Å²) in [5.41, 5.74) is 1.45. The van der Waals surface area contributed by atoms with Crippen molar-refractivity contribution in [2.75, 3.05) is 24.5 Å². The fourth-order valence-corrected chi connectivity index (χ4v) is 6.77. The van der Waals surface area contributed by atoms with Crippen molar-refractivity contribution in [1.29, 1.82) is 0 Å². The second kappa shape index (κ2) is 10.3. The van der Waals surface area contributed by atoms with Crippen LogP contribution < -0.4 is 10.2 Å². The average Bonchev–Trinajstić information content (AvgIpc) is 2.93. The molecule has 0 bridgehead atoms. The number of carbonyl (C=O) groups excluding carboxylic acids is 2. The Labute approximate surface area is 199 Å². The molecule has 7 nitrogen and oxygen atoms in total. The first-order valence-electron chi connectivity index (χ1n) is 11.3. The zero-order valence-electron chi connectivity index (χ0n) is 18.7. The first-order chi connectivity index (χ1) is 15.8. The van der Waals surface area contributed by atoms with E-state index in [4.69, 9.17) is 0 Å². The standard InChI is InChI=1S/C24H29N3O4S2/c1-18-14-24(29)27(17-23(28)25-16-19-8-4-2-5-9-19)21-15-20(10-11-22(21)32-18)33(30,31)26-12-6-3-7-13-26/h2,4-5,8-11,15,18H,3,6-7,12-14,16-17H2,1H3,(H,25,28). The van der Waals surface area contributed by atoms with Crippen molar-refractivity contribution in [3.63, 3.8) is 0 Å². The van der Waals surface area contributed by atoms with Crippen molar-refractivity contribution in [2.45, 2.75) is 54.2 Å². The zero-order chi connectivity index (χ0) is 23.4. The predicted octanol–water partition coefficient (Wildman–Crippen LogP) is 3.39. The molecule has 1 atom stereocenters. The maximum Gasteiger partial charge on any atom is 0.243 e. The number of carbonyl (C=O) groups is 2. The number of nitrogens with one attached hydrogen (secondary N) is 1. The highest BCUT2D eigenvalue weighted by Gasteiger charge is 2.31. The number of anilines is 1. The topological polar surface area (TPSA) is 86.8 Å². The number of rotatable bonds is 6. The molecule has 33 heavy (non-hydrogen) atoms. The van der Waals surface area contributed by atoms with Gasteiger partial charge < -0.3 is 10.2 Å². The van der Waals surface area contributed by atoms with Crippen molar-refractivity contribution in [3.8, 4) is 0 Å². The van der Waals surface area contributed by atoms with Gasteiger partial charge in [0.1, 0.15) is 6.54 Å². The smallest absolute Gasteiger partial charge is 0.243 e. The molecule has 0 saturated carbocycles. The van der Waals surface area contributed by atoms with E-state index in [1.807, 2.05) is 37.3 Å². The average molecular weight is 488 g/mol. The van der Waals surface area contributed by atoms with Gasteiger partial charge in [-0.05, 0) is 36.6 Å². The van der Waals surface area contributed by atoms with Gasteiger partial charge in [-0.3, -0.25) is 9.59 Å². The molecule has 2 aromatic rings. The van der Waals surface area contributed by atoms with Gasteiger partial charge in [0.15, 0.2) is 0 Å². The monoisotopic (exact) mass is 487 g/mol. The van der Waals surface area contributed by atoms with Crippen molar-refractivity contribution >= 4 is 39.3 Å². The van der Waals surface area contributed by atoms with Crippen LogP contribution in [0.25, 0.3) is 0 Å². The van der Waals surface area contributed by atoms with Crippen molar-refractivity contribution in [1.82, 2.24) is 9.62 Å². The Kier molecular flexibility index (Phi) is 7.41. The van der Waals surface area contributed by atoms with E-state index in [2.05, 4.69) is 5.32 Å². The first kappa shape index (κ1) is 23.8. The van der Waals surface area contributed by atoms with Gasteiger partial charge in [0.25, 0.3) is 0 Å². The lowest BCUT2D eigenvalue weighted by Crippen LogP contribution is -2.41. The molecule has 1 N–H and O–H groups in total. The van der Waals surface area contributed by atoms with E-state index < -0.39 is 10.0 Å². The van der Waals surface area contributed by atoms with E-state index in [0.29, 0.717) is 25.3 Å². The summed E-state index contributed by atoms with van der Waals surface area (Å²) < 4.78 is 28.0. The van der Waals surface area contributed by atoms with Gasteiger partial charge in [-0.1, -0.05) is 43.7 Å². The molecule has 0 spiro atoms. The molecule has 2 aliphatic rings. The largest absolute Gasteiger partial charge is 0.350 e. The first-order valence-corrected chi connectivity index (χ1v) is 13.6. The molecule has 2 aliphatic heterocycles. The predicted molar refractivity (Wildman–Crippen MR) is 130 cm³/mol. The number of thioether (sulfide) groups is 1. The molecule has 9 heteroatoms. The highest BCUT2D eigenvalue weighted by atomic mass is 32.2. The van der Waals surface area contributed by atoms with Crippen LogP contribution in [0, 0.1) is 0 Å². The normalized spacial score (nSPS) is 19.6. The second-order valence-corrected chi connectivity index (χ2v) is 11.9. The molecule has 2 heterocycles. The molecular weight excluding hydrogens is 458 g/mol. The third-order valence-electron chi connectivity index (χ3n) is 5.90. The Morgan fingerprint density at radius 2 is 1.82 bits per heavy atom. The molecule has 176 valence electrons. The van der Waals surface area contributed by atoms with Crippen molar-refractivity contribution < 1.29 is 18.0 Å². The van der Waals surface area contributed by atoms with Crippen molar-refractivity contribution in [3.05, 3.63) is 54.1 Å². The lowest BCUT2D eigenvalue weighted by molar-refractivity contribution is -0.123. The molecule has 1 fully saturated rings. The number of piperidine rings is 1. The highest BCUT2D eigenvalue weighted by molar-refractivity contribution is 8.00. The van der Waals surface area contributed by atoms with Crippen molar-refractivity contribution in [2.24, 2.45) is 0 Å². The maximum absolute atomic E-state index is 13.2. The minimum absolute atomic E-state index is 0.0261. The van der Waals surface area contributed by atoms with Crippen LogP contribution in [0.5, 0.6) is 0 Å². The highest BCUT2D eigenvalue weighted by Crippen LogP contribution is 2.39. The van der Waals surface area contributed by atoms with Crippen LogP contribution >= 0.6 is 11.8 Å². The van der Waals surface area contributed by atoms with E-state index in [9.17, 15) is 18.0 Å². The Morgan fingerprint density at radius 3 is 2.55 bits per heavy atom. The third kappa shape index (κ3) is 5.59. The van der Waals surface area contributed by atoms with Crippen LogP contribution in [0.4, 0.5) is 5.69 Å². The zero-order valence-corrected chi connectivity index (χ0v) is 20.3. The summed E-state index contributed by atoms with van der Waals surface area (Å²) in [6.07, 6.45) is 3.01. The molecule has 0 radical (unpaired) electrons. The molecule has 2 amide bonds. The van der Waals surface area contributed by atoms with Crippen LogP contribution in [0.15, 0.2) is 58.3 Å². The summed E-state index contributed by atoms with van der Waals surface area (Å²) in [6, 6.07) is 14.5. The number of amides is 2. The van der Waals surface area contributed by atoms with E-state index >= 15 is 0 Å². The number of benzene rings is 2. The van der Waals surface area contributed by atoms with E-state index in [1.165, 1.54) is 21.0 Å². The van der Waals surface area contributed by atoms with Gasteiger partial charge in [0.05, 0.1) is 10.6 Å². The summed E-state index contributed by atoms with van der Waals surface area (Å²) in [7, 11) is -3.65. The number of hydrogen-bond donors (Lipinski definition) is 1. The van der Waals surface area contributed by atoms with Gasteiger partial charge in [0.2, 0.25) is 21.8 Å². The third-order valence-corrected chi connectivity index (χ3v) is 8.96. The summed E-state index contributed by atoms with van der Waals surface area (Å²) in [5.74, 6) is -0.474. The molecular formula is C24H29N3O4S2. The van der Waals surface area contributed by atoms with Gasteiger partial charge in [0, 0.05) is 36.2 Å². The van der Waals surface area contributed by atoms with E-state index in [-0.39, 0.29) is 34.9 Å². The van der Waals surface area contributed by atoms with Crippen LogP contribution in [-0.4, -0.2) is 49.4 Å². The van der Waals surface area contributed by atoms with Crippen LogP contribution in [0.2, 0.25) is 0 Å². The lowest BCUT2D eigenvalue weighted by Gasteiger charge is -2.27. The molecule has 1 unspecified atom stereocenters. The summed E-state index contributed by atoms with van der Waals surface area (Å²) >= 11 is 1.53. The van der Waals surface area contributed by atoms with Gasteiger partial charge in [-0.2, -0.15) is 4.31 Å². The van der Waals surface area contributed by atoms with Gasteiger partial charge >= 0.3 is 0 Å². The summed E-state index contributed by atoms with van der Waals surface area (Å²) in [6.45, 7) is 3.19. The van der Waals surface area contributed by atoms with Crippen LogP contribution in [0.3, 0.4) is 0 Å². The van der Waals surface area contributed by atoms with Gasteiger partial charge in [-0.15, -0.1) is 11.8 Å². The van der Waals surface area contributed by atoms with Crippen LogP contribution in [0.1, 0.15) is 38.2 Å². The number of hydrogen-bond acceptors (Lipinski definition) is 5. The summed E-state index contributed by atoms with van der Waals surface area (Å²) in [4.78, 5) is 28.2. The fraction of sp³-hybridized carbons (Fsp3) is 0.417. The molecule has 0 aromatic heterocycles. The Balaban J connectivity index is 1.59. The molecule has 4 rings (SSSR count). The minimum Gasteiger partial charge on any atom is -0.350 e. The maximum atomic E-state index is 13.2. The lowest BCUT2D eigenvalue weighted by atomic mass is 10.2. The Hall–Kier alpha value is -2.36. The molecule has 1 saturated heterocycles. The minimum atomic E-state index is -3.65. The SMILES string of the molecule is CC1CC(=O)N(CC(=O)NCc2ccccc2)c2cc(S(=O)(=O)N3CCCCC3)ccc2S1. The summed E-state index contributed by atoms with van der Waals surface area (Å²) in [5, 5.41) is 2.89. The fourth-order valence-electron chi connectivity index (χ4n) is 4.14. The number of sulfonamides is 1. The quantitative estimate of drug-likeness (QED) is 0.675. The Bertz CT molecular complexity index is 1120. The van der Waals surface area contributed by atoms with E-state index in [0.717, 1.165) is 29.7 Å². The Morgan fingerprint density at radius 1 is 1.09 bits per heavy atom. The second-order valence-electron chi connectivity index (χ2n) is 8.47. The molecule has 0 aliphatic carbocycles. The molecule has 2 aromatic carbocycles. The number of fused-ring (bicyclic) bond motifs is 1. The van der Waals surface area contributed by atoms with Crippen LogP contribution in [-0.2, 0) is 26.2 Å². The van der Waals surface area contributed by atoms with Gasteiger partial charge in [-0.25, -0.2) is 8.42 Å².